The maximum absolute atomic E-state index is 13.2. The highest BCUT2D eigenvalue weighted by atomic mass is 16.5. The molecule has 0 bridgehead atoms. The molecule has 4 rings (SSSR count). The predicted molar refractivity (Wildman–Crippen MR) is 160 cm³/mol. The maximum atomic E-state index is 13.2. The number of amides is 1. The molecule has 2 aromatic heterocycles. The minimum Gasteiger partial charge on any atom is -0.496 e. The van der Waals surface area contributed by atoms with Crippen molar-refractivity contribution < 1.29 is 19.0 Å². The number of para-hydroxylation sites is 1. The second kappa shape index (κ2) is 13.1. The molecule has 40 heavy (non-hydrogen) atoms. The Morgan fingerprint density at radius 1 is 1.00 bits per heavy atom. The van der Waals surface area contributed by atoms with E-state index < -0.39 is 0 Å². The molecule has 0 aliphatic carbocycles. The van der Waals surface area contributed by atoms with E-state index >= 15 is 0 Å². The normalized spacial score (nSPS) is 11.1. The fraction of sp³-hybridized carbons (Fsp3) is 0.290. The van der Waals surface area contributed by atoms with Crippen molar-refractivity contribution in [2.45, 2.75) is 0 Å². The standard InChI is InChI=1S/C31H37N5O4/c1-21(40-16-15-39-14-13-35(2)3)34-28-12-11-22(17-26(28)31(37)36(4)5)23-18-25-27(20-33-30(25)32-19-23)24-9-7-8-10-29(24)38-6/h7-12,17-20,34H,1,13-16H2,2-6H3,(H,32,33). The van der Waals surface area contributed by atoms with E-state index in [1.807, 2.05) is 62.8 Å². The van der Waals surface area contributed by atoms with E-state index in [-0.39, 0.29) is 5.91 Å². The third kappa shape index (κ3) is 6.80. The van der Waals surface area contributed by atoms with Crippen LogP contribution < -0.4 is 10.1 Å². The summed E-state index contributed by atoms with van der Waals surface area (Å²) in [6.07, 6.45) is 3.74. The largest absolute Gasteiger partial charge is 0.496 e. The lowest BCUT2D eigenvalue weighted by Crippen LogP contribution is -2.23. The molecule has 1 amide bonds. The number of pyridine rings is 1. The summed E-state index contributed by atoms with van der Waals surface area (Å²) < 4.78 is 16.8. The fourth-order valence-corrected chi connectivity index (χ4v) is 4.26. The number of aromatic nitrogens is 2. The smallest absolute Gasteiger partial charge is 0.255 e. The molecule has 0 spiro atoms. The molecule has 210 valence electrons. The lowest BCUT2D eigenvalue weighted by molar-refractivity contribution is 0.0692. The number of ether oxygens (including phenoxy) is 3. The summed E-state index contributed by atoms with van der Waals surface area (Å²) in [4.78, 5) is 24.7. The number of nitrogens with zero attached hydrogens (tertiary/aromatic N) is 3. The Morgan fingerprint density at radius 3 is 2.55 bits per heavy atom. The average molecular weight is 544 g/mol. The van der Waals surface area contributed by atoms with E-state index in [2.05, 4.69) is 32.8 Å². The van der Waals surface area contributed by atoms with Crippen molar-refractivity contribution in [1.82, 2.24) is 19.8 Å². The van der Waals surface area contributed by atoms with Gasteiger partial charge in [-0.3, -0.25) is 4.79 Å². The number of methoxy groups -OCH3 is 1. The monoisotopic (exact) mass is 543 g/mol. The Balaban J connectivity index is 1.58. The van der Waals surface area contributed by atoms with Crippen molar-refractivity contribution in [3.8, 4) is 28.0 Å². The summed E-state index contributed by atoms with van der Waals surface area (Å²) in [5.41, 5.74) is 5.57. The Morgan fingerprint density at radius 2 is 1.80 bits per heavy atom. The minimum atomic E-state index is -0.144. The molecule has 2 N–H and O–H groups in total. The molecule has 0 atom stereocenters. The zero-order chi connectivity index (χ0) is 28.6. The highest BCUT2D eigenvalue weighted by Gasteiger charge is 2.17. The van der Waals surface area contributed by atoms with Gasteiger partial charge in [0.2, 0.25) is 0 Å². The molecule has 0 aliphatic rings. The molecule has 4 aromatic rings. The molecule has 9 heteroatoms. The van der Waals surface area contributed by atoms with Gasteiger partial charge in [-0.15, -0.1) is 0 Å². The molecule has 0 unspecified atom stereocenters. The lowest BCUT2D eigenvalue weighted by atomic mass is 9.99. The highest BCUT2D eigenvalue weighted by molar-refractivity contribution is 6.02. The third-order valence-electron chi connectivity index (χ3n) is 6.38. The first-order valence-corrected chi connectivity index (χ1v) is 13.1. The summed E-state index contributed by atoms with van der Waals surface area (Å²) in [6, 6.07) is 15.6. The number of rotatable bonds is 13. The second-order valence-electron chi connectivity index (χ2n) is 9.80. The van der Waals surface area contributed by atoms with Gasteiger partial charge in [-0.2, -0.15) is 0 Å². The zero-order valence-corrected chi connectivity index (χ0v) is 23.8. The number of H-pyrrole nitrogens is 1. The number of likely N-dealkylation sites (N-methyl/N-ethyl adjacent to an activating group) is 1. The topological polar surface area (TPSA) is 91.9 Å². The van der Waals surface area contributed by atoms with E-state index in [1.54, 1.807) is 32.3 Å². The first kappa shape index (κ1) is 28.7. The Bertz CT molecular complexity index is 1480. The Hall–Kier alpha value is -4.34. The van der Waals surface area contributed by atoms with Crippen LogP contribution in [-0.4, -0.2) is 87.3 Å². The van der Waals surface area contributed by atoms with Crippen molar-refractivity contribution in [2.75, 3.05) is 67.0 Å². The van der Waals surface area contributed by atoms with Crippen LogP contribution in [-0.2, 0) is 9.47 Å². The van der Waals surface area contributed by atoms with Gasteiger partial charge in [0.05, 0.1) is 31.6 Å². The summed E-state index contributed by atoms with van der Waals surface area (Å²) in [6.45, 7) is 6.23. The Labute approximate surface area is 235 Å². The predicted octanol–water partition coefficient (Wildman–Crippen LogP) is 5.09. The number of carbonyl (C=O) groups is 1. The molecule has 0 radical (unpaired) electrons. The molecule has 0 saturated heterocycles. The summed E-state index contributed by atoms with van der Waals surface area (Å²) >= 11 is 0. The number of fused-ring (bicyclic) bond motifs is 1. The van der Waals surface area contributed by atoms with E-state index in [9.17, 15) is 4.79 Å². The third-order valence-corrected chi connectivity index (χ3v) is 6.38. The number of carbonyl (C=O) groups excluding carboxylic acids is 1. The van der Waals surface area contributed by atoms with Crippen molar-refractivity contribution in [2.24, 2.45) is 0 Å². The summed E-state index contributed by atoms with van der Waals surface area (Å²) in [5.74, 6) is 0.980. The van der Waals surface area contributed by atoms with Crippen LogP contribution in [0.5, 0.6) is 5.75 Å². The summed E-state index contributed by atoms with van der Waals surface area (Å²) in [5, 5.41) is 4.10. The van der Waals surface area contributed by atoms with Crippen LogP contribution in [0.4, 0.5) is 5.69 Å². The molecule has 2 aromatic carbocycles. The highest BCUT2D eigenvalue weighted by Crippen LogP contribution is 2.36. The molecule has 0 fully saturated rings. The SMILES string of the molecule is C=C(Nc1ccc(-c2cnc3[nH]cc(-c4ccccc4OC)c3c2)cc1C(=O)N(C)C)OCCOCCN(C)C. The molecule has 0 saturated carbocycles. The van der Waals surface area contributed by atoms with Gasteiger partial charge < -0.3 is 34.3 Å². The van der Waals surface area contributed by atoms with Crippen LogP contribution in [0, 0.1) is 0 Å². The molecular formula is C31H37N5O4. The molecule has 9 nitrogen and oxygen atoms in total. The Kier molecular flexibility index (Phi) is 9.42. The average Bonchev–Trinajstić information content (AvgIpc) is 3.37. The fourth-order valence-electron chi connectivity index (χ4n) is 4.26. The van der Waals surface area contributed by atoms with E-state index in [1.165, 1.54) is 0 Å². The van der Waals surface area contributed by atoms with E-state index in [0.29, 0.717) is 37.0 Å². The van der Waals surface area contributed by atoms with Gasteiger partial charge >= 0.3 is 0 Å². The van der Waals surface area contributed by atoms with Gasteiger partial charge in [-0.25, -0.2) is 4.98 Å². The summed E-state index contributed by atoms with van der Waals surface area (Å²) in [7, 11) is 9.11. The lowest BCUT2D eigenvalue weighted by Gasteiger charge is -2.18. The van der Waals surface area contributed by atoms with Crippen LogP contribution >= 0.6 is 0 Å². The molecule has 0 aliphatic heterocycles. The number of anilines is 1. The van der Waals surface area contributed by atoms with Gasteiger partial charge in [0.25, 0.3) is 5.91 Å². The van der Waals surface area contributed by atoms with Crippen molar-refractivity contribution >= 4 is 22.6 Å². The van der Waals surface area contributed by atoms with Gasteiger partial charge in [0, 0.05) is 55.1 Å². The number of hydrogen-bond acceptors (Lipinski definition) is 7. The van der Waals surface area contributed by atoms with Gasteiger partial charge in [0.15, 0.2) is 5.88 Å². The number of aromatic amines is 1. The number of benzene rings is 2. The van der Waals surface area contributed by atoms with Crippen molar-refractivity contribution in [3.63, 3.8) is 0 Å². The first-order chi connectivity index (χ1) is 19.3. The van der Waals surface area contributed by atoms with E-state index in [0.717, 1.165) is 45.6 Å². The molecule has 2 heterocycles. The minimum absolute atomic E-state index is 0.144. The number of nitrogens with one attached hydrogen (secondary N) is 2. The maximum Gasteiger partial charge on any atom is 0.255 e. The van der Waals surface area contributed by atoms with Crippen LogP contribution in [0.15, 0.2) is 73.4 Å². The second-order valence-corrected chi connectivity index (χ2v) is 9.80. The number of hydrogen-bond donors (Lipinski definition) is 2. The first-order valence-electron chi connectivity index (χ1n) is 13.1. The van der Waals surface area contributed by atoms with Gasteiger partial charge in [-0.1, -0.05) is 24.3 Å². The van der Waals surface area contributed by atoms with Gasteiger partial charge in [0.1, 0.15) is 18.0 Å². The van der Waals surface area contributed by atoms with Crippen LogP contribution in [0.3, 0.4) is 0 Å². The van der Waals surface area contributed by atoms with Crippen molar-refractivity contribution in [1.29, 1.82) is 0 Å². The van der Waals surface area contributed by atoms with Crippen LogP contribution in [0.2, 0.25) is 0 Å². The molecular weight excluding hydrogens is 506 g/mol. The van der Waals surface area contributed by atoms with Crippen molar-refractivity contribution in [3.05, 3.63) is 79.0 Å². The van der Waals surface area contributed by atoms with Gasteiger partial charge in [-0.05, 0) is 50.5 Å². The zero-order valence-electron chi connectivity index (χ0n) is 23.8. The van der Waals surface area contributed by atoms with Crippen LogP contribution in [0.1, 0.15) is 10.4 Å². The van der Waals surface area contributed by atoms with Crippen LogP contribution in [0.25, 0.3) is 33.3 Å². The quantitative estimate of drug-likeness (QED) is 0.179. The van der Waals surface area contributed by atoms with E-state index in [4.69, 9.17) is 14.2 Å².